The third-order valence-corrected chi connectivity index (χ3v) is 8.62. The summed E-state index contributed by atoms with van der Waals surface area (Å²) in [6.07, 6.45) is 4.41. The van der Waals surface area contributed by atoms with Gasteiger partial charge in [0.25, 0.3) is 0 Å². The van der Waals surface area contributed by atoms with Crippen LogP contribution in [-0.2, 0) is 20.0 Å². The number of fused-ring (bicyclic) bond motifs is 1. The molecule has 3 atom stereocenters. The normalized spacial score (nSPS) is 28.5. The Morgan fingerprint density at radius 3 is 2.48 bits per heavy atom. The Balaban J connectivity index is 0.00000187. The van der Waals surface area contributed by atoms with Crippen molar-refractivity contribution >= 4 is 16.2 Å². The van der Waals surface area contributed by atoms with Crippen LogP contribution < -0.4 is 5.32 Å². The second-order valence-corrected chi connectivity index (χ2v) is 11.2. The molecule has 1 heterocycles. The second-order valence-electron chi connectivity index (χ2n) is 9.06. The van der Waals surface area contributed by atoms with Gasteiger partial charge in [0.15, 0.2) is 9.84 Å². The number of amides is 1. The molecule has 1 aliphatic carbocycles. The van der Waals surface area contributed by atoms with Gasteiger partial charge in [0.2, 0.25) is 6.41 Å². The predicted molar refractivity (Wildman–Crippen MR) is 132 cm³/mol. The number of benzene rings is 1. The highest BCUT2D eigenvalue weighted by atomic mass is 32.2. The summed E-state index contributed by atoms with van der Waals surface area (Å²) in [4.78, 5) is 13.7. The largest absolute Gasteiger partial charge is 0.508 e. The Kier molecular flexibility index (Phi) is 8.20. The smallest absolute Gasteiger partial charge is 0.211 e. The van der Waals surface area contributed by atoms with E-state index in [1.807, 2.05) is 40.8 Å². The second kappa shape index (κ2) is 9.99. The summed E-state index contributed by atoms with van der Waals surface area (Å²) in [7, 11) is -1.45. The number of likely N-dealkylation sites (tertiary alicyclic amines) is 1. The first-order valence-corrected chi connectivity index (χ1v) is 13.3. The molecule has 1 fully saturated rings. The van der Waals surface area contributed by atoms with Crippen LogP contribution in [0.2, 0.25) is 0 Å². The quantitative estimate of drug-likeness (QED) is 0.561. The van der Waals surface area contributed by atoms with Crippen LogP contribution in [0.4, 0.5) is 0 Å². The average molecular weight is 479 g/mol. The lowest BCUT2D eigenvalue weighted by molar-refractivity contribution is -0.132. The molecule has 0 spiro atoms. The van der Waals surface area contributed by atoms with Gasteiger partial charge in [0.1, 0.15) is 5.75 Å². The minimum atomic E-state index is -3.41. The summed E-state index contributed by atoms with van der Waals surface area (Å²) in [5.74, 6) is 0.122. The molecule has 7 nitrogen and oxygen atoms in total. The summed E-state index contributed by atoms with van der Waals surface area (Å²) in [5, 5.41) is 25.3. The van der Waals surface area contributed by atoms with Gasteiger partial charge >= 0.3 is 0 Å². The number of piperidine rings is 1. The van der Waals surface area contributed by atoms with Crippen molar-refractivity contribution in [2.45, 2.75) is 70.9 Å². The Morgan fingerprint density at radius 2 is 1.91 bits per heavy atom. The van der Waals surface area contributed by atoms with Crippen molar-refractivity contribution in [3.63, 3.8) is 0 Å². The highest BCUT2D eigenvalue weighted by Crippen LogP contribution is 2.56. The van der Waals surface area contributed by atoms with Gasteiger partial charge in [0, 0.05) is 41.2 Å². The number of nitrogens with one attached hydrogen (secondary N) is 1. The number of carbonyl (C=O) groups excluding carboxylic acids is 1. The van der Waals surface area contributed by atoms with E-state index in [-0.39, 0.29) is 23.1 Å². The number of phenols is 1. The van der Waals surface area contributed by atoms with Gasteiger partial charge < -0.3 is 20.4 Å². The Hall–Kier alpha value is -2.16. The van der Waals surface area contributed by atoms with Crippen LogP contribution in [0.3, 0.4) is 0 Å². The molecular weight excluding hydrogens is 440 g/mol. The van der Waals surface area contributed by atoms with E-state index in [2.05, 4.69) is 10.2 Å². The molecule has 0 radical (unpaired) electrons. The number of likely N-dealkylation sites (N-methyl/N-ethyl adjacent to an activating group) is 1. The highest BCUT2D eigenvalue weighted by Gasteiger charge is 2.60. The molecular formula is C25H38N2O5S. The van der Waals surface area contributed by atoms with E-state index in [0.717, 1.165) is 23.9 Å². The lowest BCUT2D eigenvalue weighted by atomic mass is 9.53. The lowest BCUT2D eigenvalue weighted by Crippen LogP contribution is -2.68. The maximum absolute atomic E-state index is 12.3. The van der Waals surface area contributed by atoms with E-state index in [1.54, 1.807) is 18.2 Å². The van der Waals surface area contributed by atoms with E-state index < -0.39 is 20.9 Å². The van der Waals surface area contributed by atoms with Gasteiger partial charge in [-0.2, -0.15) is 0 Å². The van der Waals surface area contributed by atoms with E-state index in [0.29, 0.717) is 30.5 Å². The highest BCUT2D eigenvalue weighted by molar-refractivity contribution is 7.94. The molecule has 1 aromatic carbocycles. The van der Waals surface area contributed by atoms with Gasteiger partial charge in [0.05, 0.1) is 5.60 Å². The fraction of sp³-hybridized carbons (Fsp3) is 0.560. The number of aromatic hydroxyl groups is 1. The molecule has 0 aromatic heterocycles. The molecule has 1 aliphatic heterocycles. The number of aryl methyl sites for hydroxylation is 1. The molecule has 0 saturated carbocycles. The number of phenolic OH excluding ortho intramolecular Hbond substituents is 1. The van der Waals surface area contributed by atoms with E-state index in [4.69, 9.17) is 0 Å². The monoisotopic (exact) mass is 478 g/mol. The summed E-state index contributed by atoms with van der Waals surface area (Å²) in [6, 6.07) is 4.93. The molecule has 2 aliphatic rings. The van der Waals surface area contributed by atoms with Crippen molar-refractivity contribution in [1.82, 2.24) is 10.2 Å². The van der Waals surface area contributed by atoms with Crippen LogP contribution in [0.1, 0.15) is 58.1 Å². The van der Waals surface area contributed by atoms with Gasteiger partial charge in [-0.05, 0) is 75.7 Å². The minimum absolute atomic E-state index is 0.122. The zero-order chi connectivity index (χ0) is 25.2. The molecule has 2 unspecified atom stereocenters. The minimum Gasteiger partial charge on any atom is -0.508 e. The van der Waals surface area contributed by atoms with E-state index >= 15 is 0 Å². The summed E-state index contributed by atoms with van der Waals surface area (Å²) in [5.41, 5.74) is 1.02. The first-order valence-electron chi connectivity index (χ1n) is 11.4. The van der Waals surface area contributed by atoms with Crippen LogP contribution in [-0.4, -0.2) is 61.4 Å². The van der Waals surface area contributed by atoms with Crippen LogP contribution in [0, 0.1) is 6.92 Å². The third kappa shape index (κ3) is 4.88. The molecule has 1 aromatic rings. The number of hydrogen-bond acceptors (Lipinski definition) is 6. The number of aliphatic hydroxyl groups is 1. The number of rotatable bonds is 5. The topological polar surface area (TPSA) is 107 Å². The van der Waals surface area contributed by atoms with Crippen LogP contribution in [0.15, 0.2) is 40.5 Å². The number of allylic oxidation sites excluding steroid dienone is 3. The predicted octanol–water partition coefficient (Wildman–Crippen LogP) is 3.16. The first-order chi connectivity index (χ1) is 15.4. The van der Waals surface area contributed by atoms with Crippen molar-refractivity contribution in [2.75, 3.05) is 19.8 Å². The third-order valence-electron chi connectivity index (χ3n) is 7.33. The molecule has 1 amide bonds. The summed E-state index contributed by atoms with van der Waals surface area (Å²) >= 11 is 0. The van der Waals surface area contributed by atoms with Crippen molar-refractivity contribution < 1.29 is 23.4 Å². The maximum atomic E-state index is 12.3. The van der Waals surface area contributed by atoms with Gasteiger partial charge in [-0.15, -0.1) is 0 Å². The maximum Gasteiger partial charge on any atom is 0.211 e. The van der Waals surface area contributed by atoms with Crippen LogP contribution in [0.5, 0.6) is 5.75 Å². The van der Waals surface area contributed by atoms with Crippen molar-refractivity contribution in [2.24, 2.45) is 0 Å². The van der Waals surface area contributed by atoms with Gasteiger partial charge in [-0.3, -0.25) is 4.79 Å². The number of carbonyl (C=O) groups is 1. The molecule has 1 saturated heterocycles. The Bertz CT molecular complexity index is 1060. The summed E-state index contributed by atoms with van der Waals surface area (Å²) in [6.45, 7) is 10.2. The first kappa shape index (κ1) is 27.1. The average Bonchev–Trinajstić information content (AvgIpc) is 2.75. The fourth-order valence-corrected chi connectivity index (χ4v) is 5.56. The zero-order valence-electron chi connectivity index (χ0n) is 20.8. The Labute approximate surface area is 198 Å². The van der Waals surface area contributed by atoms with Gasteiger partial charge in [-0.1, -0.05) is 19.9 Å². The molecule has 3 rings (SSSR count). The lowest BCUT2D eigenvalue weighted by Gasteiger charge is -2.60. The zero-order valence-corrected chi connectivity index (χ0v) is 21.6. The number of nitrogens with zero attached hydrogens (tertiary/aromatic N) is 1. The van der Waals surface area contributed by atoms with Crippen molar-refractivity contribution in [3.8, 4) is 5.75 Å². The summed E-state index contributed by atoms with van der Waals surface area (Å²) < 4.78 is 24.1. The molecule has 3 N–H and O–H groups in total. The SMILES string of the molecule is C/C(=C\C1=C(NC=O)C[C@]2(c3cc(O)ccc3C)CCN(C)C(C)C2(O)C1)S(C)(=O)=O.CC. The molecule has 8 heteroatoms. The molecule has 0 bridgehead atoms. The van der Waals surface area contributed by atoms with Crippen LogP contribution in [0.25, 0.3) is 0 Å². The van der Waals surface area contributed by atoms with Crippen molar-refractivity contribution in [1.29, 1.82) is 0 Å². The standard InChI is InChI=1S/C23H32N2O5S.C2H6/c1-15-6-7-19(27)11-20(15)22-8-9-25(4)17(3)23(22,28)12-18(21(13-22)24-14-26)10-16(2)31(5,29)30;1-2/h6-7,10-11,14,17,27-28H,8-9,12-13H2,1-5H3,(H,24,26);1-2H3/b16-10+;/t17?,22-,23?;/m0./s1. The van der Waals surface area contributed by atoms with Crippen LogP contribution >= 0.6 is 0 Å². The number of hydrogen-bond donors (Lipinski definition) is 3. The van der Waals surface area contributed by atoms with Gasteiger partial charge in [-0.25, -0.2) is 8.42 Å². The molecule has 184 valence electrons. The van der Waals surface area contributed by atoms with E-state index in [1.165, 1.54) is 6.92 Å². The van der Waals surface area contributed by atoms with Crippen molar-refractivity contribution in [3.05, 3.63) is 51.6 Å². The fourth-order valence-electron chi connectivity index (χ4n) is 5.21. The van der Waals surface area contributed by atoms with E-state index in [9.17, 15) is 23.4 Å². The Morgan fingerprint density at radius 1 is 1.27 bits per heavy atom. The number of sulfone groups is 1. The molecule has 33 heavy (non-hydrogen) atoms.